The third-order valence-corrected chi connectivity index (χ3v) is 2.73. The zero-order valence-corrected chi connectivity index (χ0v) is 9.27. The van der Waals surface area contributed by atoms with E-state index in [0.717, 1.165) is 5.56 Å². The van der Waals surface area contributed by atoms with Gasteiger partial charge in [0.05, 0.1) is 0 Å². The zero-order valence-electron chi connectivity index (χ0n) is 9.27. The first-order valence-electron chi connectivity index (χ1n) is 5.27. The molecule has 0 fully saturated rings. The van der Waals surface area contributed by atoms with E-state index < -0.39 is 5.60 Å². The molecule has 2 heteroatoms. The van der Waals surface area contributed by atoms with Gasteiger partial charge >= 0.3 is 5.97 Å². The largest absolute Gasteiger partial charge is 0.447 e. The van der Waals surface area contributed by atoms with Crippen LogP contribution >= 0.6 is 0 Å². The lowest BCUT2D eigenvalue weighted by atomic mass is 9.95. The van der Waals surface area contributed by atoms with E-state index in [2.05, 4.69) is 6.58 Å². The fourth-order valence-corrected chi connectivity index (χ4v) is 1.89. The van der Waals surface area contributed by atoms with Gasteiger partial charge in [-0.2, -0.15) is 0 Å². The number of hydrogen-bond acceptors (Lipinski definition) is 2. The van der Waals surface area contributed by atoms with Gasteiger partial charge in [0, 0.05) is 5.57 Å². The topological polar surface area (TPSA) is 26.3 Å². The summed E-state index contributed by atoms with van der Waals surface area (Å²) >= 11 is 0. The second-order valence-electron chi connectivity index (χ2n) is 4.02. The van der Waals surface area contributed by atoms with Crippen LogP contribution in [0.4, 0.5) is 0 Å². The molecule has 1 heterocycles. The molecule has 1 aliphatic rings. The average molecular weight is 214 g/mol. The van der Waals surface area contributed by atoms with E-state index in [1.54, 1.807) is 6.08 Å². The maximum absolute atomic E-state index is 11.6. The first kappa shape index (κ1) is 10.7. The Morgan fingerprint density at radius 3 is 2.69 bits per heavy atom. The molecule has 0 radical (unpaired) electrons. The molecular formula is C14H14O2. The molecule has 0 unspecified atom stereocenters. The maximum atomic E-state index is 11.6. The van der Waals surface area contributed by atoms with E-state index in [1.165, 1.54) is 0 Å². The molecule has 82 valence electrons. The molecule has 0 aromatic heterocycles. The summed E-state index contributed by atoms with van der Waals surface area (Å²) in [5.74, 6) is -0.244. The average Bonchev–Trinajstić information content (AvgIpc) is 2.57. The van der Waals surface area contributed by atoms with Crippen LogP contribution in [0.15, 0.2) is 54.6 Å². The van der Waals surface area contributed by atoms with Crippen molar-refractivity contribution in [3.05, 3.63) is 60.2 Å². The molecule has 0 saturated carbocycles. The second kappa shape index (κ2) is 3.97. The first-order valence-corrected chi connectivity index (χ1v) is 5.27. The van der Waals surface area contributed by atoms with Crippen LogP contribution < -0.4 is 0 Å². The quantitative estimate of drug-likeness (QED) is 0.571. The second-order valence-corrected chi connectivity index (χ2v) is 4.02. The Morgan fingerprint density at radius 1 is 1.38 bits per heavy atom. The first-order chi connectivity index (χ1) is 7.65. The van der Waals surface area contributed by atoms with Crippen molar-refractivity contribution in [2.75, 3.05) is 0 Å². The third kappa shape index (κ3) is 1.78. The van der Waals surface area contributed by atoms with Gasteiger partial charge in [0.15, 0.2) is 5.60 Å². The Labute approximate surface area is 95.2 Å². The number of benzene rings is 1. The summed E-state index contributed by atoms with van der Waals surface area (Å²) in [6.45, 7) is 5.53. The number of cyclic esters (lactones) is 1. The number of allylic oxidation sites excluding steroid dienone is 1. The number of ether oxygens (including phenoxy) is 1. The van der Waals surface area contributed by atoms with Crippen molar-refractivity contribution in [2.24, 2.45) is 0 Å². The smallest absolute Gasteiger partial charge is 0.335 e. The van der Waals surface area contributed by atoms with Gasteiger partial charge < -0.3 is 4.74 Å². The molecule has 0 N–H and O–H groups in total. The van der Waals surface area contributed by atoms with Crippen LogP contribution in [-0.2, 0) is 15.1 Å². The van der Waals surface area contributed by atoms with Crippen LogP contribution in [0.2, 0.25) is 0 Å². The Balaban J connectivity index is 2.35. The van der Waals surface area contributed by atoms with Gasteiger partial charge in [-0.3, -0.25) is 0 Å². The highest BCUT2D eigenvalue weighted by Gasteiger charge is 2.36. The molecule has 0 aliphatic carbocycles. The van der Waals surface area contributed by atoms with Crippen LogP contribution in [0.3, 0.4) is 0 Å². The van der Waals surface area contributed by atoms with Gasteiger partial charge in [-0.15, -0.1) is 6.58 Å². The third-order valence-electron chi connectivity index (χ3n) is 2.73. The van der Waals surface area contributed by atoms with Gasteiger partial charge in [0.2, 0.25) is 0 Å². The lowest BCUT2D eigenvalue weighted by Crippen LogP contribution is -2.20. The van der Waals surface area contributed by atoms with Crippen molar-refractivity contribution in [3.8, 4) is 0 Å². The van der Waals surface area contributed by atoms with Crippen LogP contribution in [0.1, 0.15) is 18.9 Å². The minimum atomic E-state index is -0.628. The van der Waals surface area contributed by atoms with E-state index in [-0.39, 0.29) is 5.97 Å². The van der Waals surface area contributed by atoms with Crippen LogP contribution in [-0.4, -0.2) is 5.97 Å². The molecule has 1 aliphatic heterocycles. The molecule has 1 aromatic carbocycles. The lowest BCUT2D eigenvalue weighted by molar-refractivity contribution is -0.146. The summed E-state index contributed by atoms with van der Waals surface area (Å²) in [5.41, 5.74) is 1.04. The molecule has 16 heavy (non-hydrogen) atoms. The summed E-state index contributed by atoms with van der Waals surface area (Å²) in [7, 11) is 0. The summed E-state index contributed by atoms with van der Waals surface area (Å²) in [5, 5.41) is 0. The van der Waals surface area contributed by atoms with E-state index >= 15 is 0 Å². The summed E-state index contributed by atoms with van der Waals surface area (Å²) in [6.07, 6.45) is 4.15. The highest BCUT2D eigenvalue weighted by molar-refractivity contribution is 5.92. The van der Waals surface area contributed by atoms with Crippen molar-refractivity contribution in [1.82, 2.24) is 0 Å². The van der Waals surface area contributed by atoms with Crippen LogP contribution in [0.25, 0.3) is 0 Å². The fraction of sp³-hybridized carbons (Fsp3) is 0.214. The fourth-order valence-electron chi connectivity index (χ4n) is 1.89. The summed E-state index contributed by atoms with van der Waals surface area (Å²) < 4.78 is 5.42. The summed E-state index contributed by atoms with van der Waals surface area (Å²) in [6, 6.07) is 9.74. The van der Waals surface area contributed by atoms with Crippen LogP contribution in [0.5, 0.6) is 0 Å². The monoisotopic (exact) mass is 214 g/mol. The van der Waals surface area contributed by atoms with Crippen LogP contribution in [0, 0.1) is 0 Å². The van der Waals surface area contributed by atoms with Crippen molar-refractivity contribution in [1.29, 1.82) is 0 Å². The SMILES string of the molecule is C=CCC1=C[C@](C)(c2ccccc2)OC1=O. The van der Waals surface area contributed by atoms with E-state index in [4.69, 9.17) is 4.74 Å². The highest BCUT2D eigenvalue weighted by Crippen LogP contribution is 2.35. The molecule has 1 atom stereocenters. The Bertz CT molecular complexity index is 445. The highest BCUT2D eigenvalue weighted by atomic mass is 16.6. The Morgan fingerprint density at radius 2 is 2.06 bits per heavy atom. The number of carbonyl (C=O) groups excluding carboxylic acids is 1. The zero-order chi connectivity index (χ0) is 11.6. The summed E-state index contributed by atoms with van der Waals surface area (Å²) in [4.78, 5) is 11.6. The number of rotatable bonds is 3. The predicted molar refractivity (Wildman–Crippen MR) is 62.8 cm³/mol. The number of carbonyl (C=O) groups is 1. The maximum Gasteiger partial charge on any atom is 0.335 e. The van der Waals surface area contributed by atoms with Crippen molar-refractivity contribution in [3.63, 3.8) is 0 Å². The van der Waals surface area contributed by atoms with Gasteiger partial charge in [-0.05, 0) is 25.0 Å². The van der Waals surface area contributed by atoms with E-state index in [1.807, 2.05) is 43.3 Å². The molecule has 0 bridgehead atoms. The molecular weight excluding hydrogens is 200 g/mol. The van der Waals surface area contributed by atoms with Crippen molar-refractivity contribution < 1.29 is 9.53 Å². The molecule has 0 amide bonds. The van der Waals surface area contributed by atoms with Crippen molar-refractivity contribution >= 4 is 5.97 Å². The van der Waals surface area contributed by atoms with Crippen molar-refractivity contribution in [2.45, 2.75) is 18.9 Å². The minimum Gasteiger partial charge on any atom is -0.447 e. The molecule has 1 aromatic rings. The standard InChI is InChI=1S/C14H14O2/c1-3-7-11-10-14(2,16-13(11)15)12-8-5-4-6-9-12/h3-6,8-10H,1,7H2,2H3/t14-/m1/s1. The van der Waals surface area contributed by atoms with E-state index in [0.29, 0.717) is 12.0 Å². The predicted octanol–water partition coefficient (Wildman–Crippen LogP) is 2.96. The van der Waals surface area contributed by atoms with Gasteiger partial charge in [0.1, 0.15) is 0 Å². The normalized spacial score (nSPS) is 23.8. The minimum absolute atomic E-state index is 0.244. The van der Waals surface area contributed by atoms with Gasteiger partial charge in [-0.25, -0.2) is 4.79 Å². The Hall–Kier alpha value is -1.83. The lowest BCUT2D eigenvalue weighted by Gasteiger charge is -2.21. The Kier molecular flexibility index (Phi) is 2.65. The molecule has 2 nitrogen and oxygen atoms in total. The van der Waals surface area contributed by atoms with E-state index in [9.17, 15) is 4.79 Å². The molecule has 0 saturated heterocycles. The number of hydrogen-bond donors (Lipinski definition) is 0. The molecule has 0 spiro atoms. The van der Waals surface area contributed by atoms with Gasteiger partial charge in [0.25, 0.3) is 0 Å². The molecule has 2 rings (SSSR count). The van der Waals surface area contributed by atoms with Gasteiger partial charge in [-0.1, -0.05) is 36.4 Å². The number of esters is 1.